The molecular weight excluding hydrogens is 431 g/mol. The van der Waals surface area contributed by atoms with E-state index in [2.05, 4.69) is 15.3 Å². The van der Waals surface area contributed by atoms with E-state index in [0.29, 0.717) is 52.3 Å². The number of hydrogen-bond donors (Lipinski definition) is 2. The van der Waals surface area contributed by atoms with Crippen LogP contribution >= 0.6 is 22.9 Å². The van der Waals surface area contributed by atoms with Gasteiger partial charge in [0.2, 0.25) is 5.91 Å². The highest BCUT2D eigenvalue weighted by molar-refractivity contribution is 7.20. The van der Waals surface area contributed by atoms with Crippen molar-refractivity contribution in [3.8, 4) is 0 Å². The predicted octanol–water partition coefficient (Wildman–Crippen LogP) is 3.58. The van der Waals surface area contributed by atoms with Crippen molar-refractivity contribution in [3.05, 3.63) is 56.2 Å². The van der Waals surface area contributed by atoms with E-state index in [1.54, 1.807) is 11.8 Å². The molecule has 3 heterocycles. The Labute approximate surface area is 179 Å². The Hall–Kier alpha value is -2.78. The van der Waals surface area contributed by atoms with Crippen LogP contribution in [-0.4, -0.2) is 39.8 Å². The van der Waals surface area contributed by atoms with E-state index in [1.165, 1.54) is 29.8 Å². The molecule has 1 aliphatic rings. The van der Waals surface area contributed by atoms with Crippen LogP contribution in [-0.2, 0) is 4.79 Å². The van der Waals surface area contributed by atoms with Crippen LogP contribution in [0.25, 0.3) is 10.2 Å². The number of fused-ring (bicyclic) bond motifs is 1. The first kappa shape index (κ1) is 20.5. The Morgan fingerprint density at radius 1 is 1.33 bits per heavy atom. The smallest absolute Gasteiger partial charge is 0.264 e. The molecule has 4 rings (SSSR count). The van der Waals surface area contributed by atoms with Crippen molar-refractivity contribution < 1.29 is 14.0 Å². The Balaban J connectivity index is 1.42. The molecule has 1 aliphatic heterocycles. The number of piperidine rings is 1. The zero-order chi connectivity index (χ0) is 21.4. The average Bonchev–Trinajstić information content (AvgIpc) is 3.07. The molecule has 0 unspecified atom stereocenters. The number of hydrogen-bond acceptors (Lipinski definition) is 5. The minimum Gasteiger partial charge on any atom is -0.338 e. The van der Waals surface area contributed by atoms with Gasteiger partial charge in [0.25, 0.3) is 11.5 Å². The van der Waals surface area contributed by atoms with Gasteiger partial charge in [-0.3, -0.25) is 14.4 Å². The van der Waals surface area contributed by atoms with Gasteiger partial charge in [0.1, 0.15) is 10.6 Å². The SMILES string of the molecule is Cc1c(C(=O)N2CCC(C(=O)Nc3ccc(F)cc3Cl)CC2)sc2nc[nH]c(=O)c12. The van der Waals surface area contributed by atoms with Crippen LogP contribution in [0, 0.1) is 18.7 Å². The Bertz CT molecular complexity index is 1200. The number of nitrogens with one attached hydrogen (secondary N) is 2. The number of thiophene rings is 1. The number of H-pyrrole nitrogens is 1. The first-order valence-electron chi connectivity index (χ1n) is 9.37. The predicted molar refractivity (Wildman–Crippen MR) is 114 cm³/mol. The molecule has 0 radical (unpaired) electrons. The fourth-order valence-electron chi connectivity index (χ4n) is 3.60. The molecule has 30 heavy (non-hydrogen) atoms. The third-order valence-corrected chi connectivity index (χ3v) is 6.77. The van der Waals surface area contributed by atoms with Crippen LogP contribution in [0.3, 0.4) is 0 Å². The summed E-state index contributed by atoms with van der Waals surface area (Å²) < 4.78 is 13.2. The molecule has 0 atom stereocenters. The van der Waals surface area contributed by atoms with Crippen molar-refractivity contribution in [2.75, 3.05) is 18.4 Å². The Kier molecular flexibility index (Phi) is 5.57. The van der Waals surface area contributed by atoms with Gasteiger partial charge in [-0.15, -0.1) is 11.3 Å². The maximum absolute atomic E-state index is 13.2. The molecule has 3 aromatic rings. The van der Waals surface area contributed by atoms with E-state index >= 15 is 0 Å². The quantitative estimate of drug-likeness (QED) is 0.640. The van der Waals surface area contributed by atoms with Crippen LogP contribution in [0.15, 0.2) is 29.3 Å². The lowest BCUT2D eigenvalue weighted by atomic mass is 9.95. The number of amides is 2. The molecule has 1 saturated heterocycles. The van der Waals surface area contributed by atoms with Crippen LogP contribution < -0.4 is 10.9 Å². The molecule has 2 amide bonds. The van der Waals surface area contributed by atoms with Crippen LogP contribution in [0.5, 0.6) is 0 Å². The lowest BCUT2D eigenvalue weighted by Gasteiger charge is -2.31. The number of likely N-dealkylation sites (tertiary alicyclic amines) is 1. The van der Waals surface area contributed by atoms with Gasteiger partial charge in [-0.25, -0.2) is 9.37 Å². The summed E-state index contributed by atoms with van der Waals surface area (Å²) in [5, 5.41) is 3.31. The van der Waals surface area contributed by atoms with Crippen LogP contribution in [0.4, 0.5) is 10.1 Å². The molecule has 0 spiro atoms. The summed E-state index contributed by atoms with van der Waals surface area (Å²) in [5.74, 6) is -1.11. The van der Waals surface area contributed by atoms with Gasteiger partial charge in [0.05, 0.1) is 27.3 Å². The van der Waals surface area contributed by atoms with Crippen LogP contribution in [0.1, 0.15) is 28.1 Å². The molecule has 0 aliphatic carbocycles. The van der Waals surface area contributed by atoms with Crippen molar-refractivity contribution in [3.63, 3.8) is 0 Å². The third-order valence-electron chi connectivity index (χ3n) is 5.27. The van der Waals surface area contributed by atoms with E-state index in [4.69, 9.17) is 11.6 Å². The number of nitrogens with zero attached hydrogens (tertiary/aromatic N) is 2. The lowest BCUT2D eigenvalue weighted by molar-refractivity contribution is -0.121. The first-order chi connectivity index (χ1) is 14.3. The summed E-state index contributed by atoms with van der Waals surface area (Å²) in [6, 6.07) is 3.80. The molecular formula is C20H18ClFN4O3S. The van der Waals surface area contributed by atoms with Gasteiger partial charge in [-0.2, -0.15) is 0 Å². The molecule has 10 heteroatoms. The summed E-state index contributed by atoms with van der Waals surface area (Å²) in [6.45, 7) is 2.59. The highest BCUT2D eigenvalue weighted by atomic mass is 35.5. The molecule has 2 aromatic heterocycles. The van der Waals surface area contributed by atoms with Gasteiger partial charge in [0.15, 0.2) is 0 Å². The van der Waals surface area contributed by atoms with E-state index in [0.717, 1.165) is 6.07 Å². The second kappa shape index (κ2) is 8.16. The van der Waals surface area contributed by atoms with Crippen molar-refractivity contribution in [2.45, 2.75) is 19.8 Å². The number of aryl methyl sites for hydroxylation is 1. The van der Waals surface area contributed by atoms with Crippen molar-refractivity contribution in [1.29, 1.82) is 0 Å². The fraction of sp³-hybridized carbons (Fsp3) is 0.300. The summed E-state index contributed by atoms with van der Waals surface area (Å²) in [6.07, 6.45) is 2.32. The summed E-state index contributed by atoms with van der Waals surface area (Å²) in [5.41, 5.74) is 0.725. The number of halogens is 2. The second-order valence-corrected chi connectivity index (χ2v) is 8.55. The maximum atomic E-state index is 13.2. The summed E-state index contributed by atoms with van der Waals surface area (Å²) >= 11 is 7.17. The zero-order valence-electron chi connectivity index (χ0n) is 16.0. The molecule has 0 bridgehead atoms. The topological polar surface area (TPSA) is 95.2 Å². The van der Waals surface area contributed by atoms with Gasteiger partial charge < -0.3 is 15.2 Å². The van der Waals surface area contributed by atoms with Gasteiger partial charge in [-0.05, 0) is 43.5 Å². The number of anilines is 1. The highest BCUT2D eigenvalue weighted by Gasteiger charge is 2.30. The van der Waals surface area contributed by atoms with Crippen molar-refractivity contribution in [2.24, 2.45) is 5.92 Å². The van der Waals surface area contributed by atoms with Crippen molar-refractivity contribution in [1.82, 2.24) is 14.9 Å². The summed E-state index contributed by atoms with van der Waals surface area (Å²) in [4.78, 5) is 47.0. The number of rotatable bonds is 3. The lowest BCUT2D eigenvalue weighted by Crippen LogP contribution is -2.41. The number of carbonyl (C=O) groups is 2. The van der Waals surface area contributed by atoms with E-state index in [-0.39, 0.29) is 28.3 Å². The van der Waals surface area contributed by atoms with Gasteiger partial charge in [-0.1, -0.05) is 11.6 Å². The average molecular weight is 449 g/mol. The minimum absolute atomic E-state index is 0.139. The molecule has 156 valence electrons. The highest BCUT2D eigenvalue weighted by Crippen LogP contribution is 2.30. The number of carbonyl (C=O) groups excluding carboxylic acids is 2. The normalized spacial score (nSPS) is 14.8. The maximum Gasteiger partial charge on any atom is 0.264 e. The largest absolute Gasteiger partial charge is 0.338 e. The third kappa shape index (κ3) is 3.82. The number of aromatic amines is 1. The Morgan fingerprint density at radius 2 is 2.07 bits per heavy atom. The zero-order valence-corrected chi connectivity index (χ0v) is 17.6. The molecule has 0 saturated carbocycles. The molecule has 7 nitrogen and oxygen atoms in total. The van der Waals surface area contributed by atoms with Crippen LogP contribution in [0.2, 0.25) is 5.02 Å². The molecule has 2 N–H and O–H groups in total. The van der Waals surface area contributed by atoms with Gasteiger partial charge >= 0.3 is 0 Å². The summed E-state index contributed by atoms with van der Waals surface area (Å²) in [7, 11) is 0. The van der Waals surface area contributed by atoms with Gasteiger partial charge in [0, 0.05) is 19.0 Å². The number of aromatic nitrogens is 2. The first-order valence-corrected chi connectivity index (χ1v) is 10.6. The second-order valence-electron chi connectivity index (χ2n) is 7.15. The molecule has 1 aromatic carbocycles. The van der Waals surface area contributed by atoms with E-state index < -0.39 is 5.82 Å². The fourth-order valence-corrected chi connectivity index (χ4v) is 4.93. The van der Waals surface area contributed by atoms with Crippen molar-refractivity contribution >= 4 is 50.7 Å². The monoisotopic (exact) mass is 448 g/mol. The standard InChI is InChI=1S/C20H18ClFN4O3S/c1-10-15-18(28)23-9-24-19(15)30-16(10)20(29)26-6-4-11(5-7-26)17(27)25-14-3-2-12(22)8-13(14)21/h2-3,8-9,11H,4-7H2,1H3,(H,25,27)(H,23,24,28). The van der Waals surface area contributed by atoms with E-state index in [9.17, 15) is 18.8 Å². The van der Waals surface area contributed by atoms with E-state index in [1.807, 2.05) is 0 Å². The molecule has 1 fully saturated rings. The Morgan fingerprint density at radius 3 is 2.73 bits per heavy atom. The minimum atomic E-state index is -0.474. The number of benzene rings is 1.